The Balaban J connectivity index is 1.91. The Hall–Kier alpha value is -1.60. The predicted molar refractivity (Wildman–Crippen MR) is 70.0 cm³/mol. The quantitative estimate of drug-likeness (QED) is 0.853. The molecule has 96 valence electrons. The topological polar surface area (TPSA) is 68.9 Å². The molecule has 0 saturated heterocycles. The number of nitrogens with zero attached hydrogens (tertiary/aromatic N) is 2. The Morgan fingerprint density at radius 1 is 1.33 bits per heavy atom. The zero-order chi connectivity index (χ0) is 12.8. The first-order chi connectivity index (χ1) is 8.83. The van der Waals surface area contributed by atoms with Gasteiger partial charge in [0, 0.05) is 13.2 Å². The van der Waals surface area contributed by atoms with Crippen LogP contribution in [0.2, 0.25) is 0 Å². The lowest BCUT2D eigenvalue weighted by molar-refractivity contribution is 0.141. The molecule has 4 heteroatoms. The zero-order valence-corrected chi connectivity index (χ0v) is 10.5. The van der Waals surface area contributed by atoms with Crippen molar-refractivity contribution in [2.45, 2.75) is 25.7 Å². The Morgan fingerprint density at radius 2 is 2.11 bits per heavy atom. The Morgan fingerprint density at radius 3 is 2.83 bits per heavy atom. The van der Waals surface area contributed by atoms with Gasteiger partial charge in [-0.3, -0.25) is 0 Å². The Bertz CT molecular complexity index is 427. The first kappa shape index (κ1) is 12.8. The molecule has 1 fully saturated rings. The molecule has 0 radical (unpaired) electrons. The van der Waals surface area contributed by atoms with E-state index in [0.29, 0.717) is 17.5 Å². The number of nitriles is 1. The molecule has 2 atom stereocenters. The molecule has 1 heterocycles. The molecule has 1 aliphatic rings. The summed E-state index contributed by atoms with van der Waals surface area (Å²) in [5.74, 6) is 1.66. The SMILES string of the molecule is N#Cc1cccc(NCC2CCCCC2CO)n1. The average molecular weight is 245 g/mol. The number of hydrogen-bond donors (Lipinski definition) is 2. The van der Waals surface area contributed by atoms with Crippen molar-refractivity contribution >= 4 is 5.82 Å². The third-order valence-electron chi connectivity index (χ3n) is 3.71. The molecule has 4 nitrogen and oxygen atoms in total. The largest absolute Gasteiger partial charge is 0.396 e. The Labute approximate surface area is 108 Å². The lowest BCUT2D eigenvalue weighted by Crippen LogP contribution is -2.28. The van der Waals surface area contributed by atoms with Gasteiger partial charge in [0.1, 0.15) is 17.6 Å². The smallest absolute Gasteiger partial charge is 0.142 e. The standard InChI is InChI=1S/C14H19N3O/c15-8-13-6-3-7-14(17-13)16-9-11-4-1-2-5-12(11)10-18/h3,6-7,11-12,18H,1-2,4-5,9-10H2,(H,16,17). The molecule has 1 aliphatic carbocycles. The van der Waals surface area contributed by atoms with Gasteiger partial charge in [-0.1, -0.05) is 18.9 Å². The number of hydrogen-bond acceptors (Lipinski definition) is 4. The van der Waals surface area contributed by atoms with Crippen LogP contribution in [0.4, 0.5) is 5.82 Å². The summed E-state index contributed by atoms with van der Waals surface area (Å²) >= 11 is 0. The molecule has 2 rings (SSSR count). The van der Waals surface area contributed by atoms with Gasteiger partial charge in [0.2, 0.25) is 0 Å². The van der Waals surface area contributed by atoms with Crippen molar-refractivity contribution < 1.29 is 5.11 Å². The van der Waals surface area contributed by atoms with Crippen LogP contribution in [0.15, 0.2) is 18.2 Å². The van der Waals surface area contributed by atoms with Crippen LogP contribution >= 0.6 is 0 Å². The normalized spacial score (nSPS) is 23.3. The number of aliphatic hydroxyl groups is 1. The monoisotopic (exact) mass is 245 g/mol. The third-order valence-corrected chi connectivity index (χ3v) is 3.71. The molecule has 0 amide bonds. The van der Waals surface area contributed by atoms with Crippen LogP contribution in [0.1, 0.15) is 31.4 Å². The van der Waals surface area contributed by atoms with Gasteiger partial charge in [-0.25, -0.2) is 4.98 Å². The molecule has 1 aromatic heterocycles. The summed E-state index contributed by atoms with van der Waals surface area (Å²) in [7, 11) is 0. The van der Waals surface area contributed by atoms with E-state index in [9.17, 15) is 5.11 Å². The molecule has 0 bridgehead atoms. The minimum atomic E-state index is 0.276. The summed E-state index contributed by atoms with van der Waals surface area (Å²) in [6.07, 6.45) is 4.75. The van der Waals surface area contributed by atoms with E-state index in [4.69, 9.17) is 5.26 Å². The van der Waals surface area contributed by atoms with E-state index < -0.39 is 0 Å². The predicted octanol–water partition coefficient (Wildman–Crippen LogP) is 2.16. The van der Waals surface area contributed by atoms with Crippen LogP contribution in [0.25, 0.3) is 0 Å². The maximum absolute atomic E-state index is 9.35. The molecule has 18 heavy (non-hydrogen) atoms. The number of aromatic nitrogens is 1. The van der Waals surface area contributed by atoms with Gasteiger partial charge in [-0.2, -0.15) is 5.26 Å². The number of aliphatic hydroxyl groups excluding tert-OH is 1. The second-order valence-electron chi connectivity index (χ2n) is 4.89. The maximum Gasteiger partial charge on any atom is 0.142 e. The highest BCUT2D eigenvalue weighted by molar-refractivity contribution is 5.38. The van der Waals surface area contributed by atoms with Crippen LogP contribution in [0.3, 0.4) is 0 Å². The Kier molecular flexibility index (Phi) is 4.54. The van der Waals surface area contributed by atoms with Gasteiger partial charge in [0.05, 0.1) is 0 Å². The van der Waals surface area contributed by atoms with Gasteiger partial charge in [0.25, 0.3) is 0 Å². The summed E-state index contributed by atoms with van der Waals surface area (Å²) in [5, 5.41) is 21.4. The average Bonchev–Trinajstić information content (AvgIpc) is 2.45. The number of anilines is 1. The first-order valence-corrected chi connectivity index (χ1v) is 6.55. The fourth-order valence-corrected chi connectivity index (χ4v) is 2.62. The molecule has 0 spiro atoms. The maximum atomic E-state index is 9.35. The van der Waals surface area contributed by atoms with Gasteiger partial charge < -0.3 is 10.4 Å². The van der Waals surface area contributed by atoms with Gasteiger partial charge in [-0.05, 0) is 36.8 Å². The second-order valence-corrected chi connectivity index (χ2v) is 4.89. The summed E-state index contributed by atoms with van der Waals surface area (Å²) in [5.41, 5.74) is 0.433. The van der Waals surface area contributed by atoms with Crippen molar-refractivity contribution in [3.63, 3.8) is 0 Å². The van der Waals surface area contributed by atoms with Gasteiger partial charge in [-0.15, -0.1) is 0 Å². The fraction of sp³-hybridized carbons (Fsp3) is 0.571. The van der Waals surface area contributed by atoms with Gasteiger partial charge in [0.15, 0.2) is 0 Å². The highest BCUT2D eigenvalue weighted by Crippen LogP contribution is 2.29. The third kappa shape index (κ3) is 3.21. The number of rotatable bonds is 4. The van der Waals surface area contributed by atoms with E-state index in [-0.39, 0.29) is 6.61 Å². The van der Waals surface area contributed by atoms with Crippen LogP contribution in [-0.4, -0.2) is 23.2 Å². The van der Waals surface area contributed by atoms with E-state index in [1.54, 1.807) is 6.07 Å². The zero-order valence-electron chi connectivity index (χ0n) is 10.5. The van der Waals surface area contributed by atoms with Crippen molar-refractivity contribution in [1.82, 2.24) is 4.98 Å². The highest BCUT2D eigenvalue weighted by Gasteiger charge is 2.24. The van der Waals surface area contributed by atoms with Crippen LogP contribution in [-0.2, 0) is 0 Å². The molecular weight excluding hydrogens is 226 g/mol. The van der Waals surface area contributed by atoms with Gasteiger partial charge >= 0.3 is 0 Å². The summed E-state index contributed by atoms with van der Waals surface area (Å²) in [4.78, 5) is 4.19. The van der Waals surface area contributed by atoms with Crippen molar-refractivity contribution in [3.8, 4) is 6.07 Å². The molecule has 1 aromatic rings. The number of nitrogens with one attached hydrogen (secondary N) is 1. The van der Waals surface area contributed by atoms with E-state index in [1.807, 2.05) is 18.2 Å². The summed E-state index contributed by atoms with van der Waals surface area (Å²) < 4.78 is 0. The van der Waals surface area contributed by atoms with Crippen molar-refractivity contribution in [2.24, 2.45) is 11.8 Å². The number of pyridine rings is 1. The lowest BCUT2D eigenvalue weighted by Gasteiger charge is -2.30. The van der Waals surface area contributed by atoms with Crippen LogP contribution < -0.4 is 5.32 Å². The molecule has 1 saturated carbocycles. The lowest BCUT2D eigenvalue weighted by atomic mass is 9.79. The molecule has 2 N–H and O–H groups in total. The van der Waals surface area contributed by atoms with Crippen molar-refractivity contribution in [2.75, 3.05) is 18.5 Å². The minimum absolute atomic E-state index is 0.276. The van der Waals surface area contributed by atoms with Crippen molar-refractivity contribution in [1.29, 1.82) is 5.26 Å². The van der Waals surface area contributed by atoms with Crippen molar-refractivity contribution in [3.05, 3.63) is 23.9 Å². The first-order valence-electron chi connectivity index (χ1n) is 6.55. The van der Waals surface area contributed by atoms with Crippen LogP contribution in [0.5, 0.6) is 0 Å². The van der Waals surface area contributed by atoms with Crippen LogP contribution in [0, 0.1) is 23.2 Å². The molecule has 0 aliphatic heterocycles. The minimum Gasteiger partial charge on any atom is -0.396 e. The summed E-state index contributed by atoms with van der Waals surface area (Å²) in [6.45, 7) is 1.10. The molecule has 2 unspecified atom stereocenters. The fourth-order valence-electron chi connectivity index (χ4n) is 2.62. The molecular formula is C14H19N3O. The summed E-state index contributed by atoms with van der Waals surface area (Å²) in [6, 6.07) is 7.44. The molecule has 0 aromatic carbocycles. The van der Waals surface area contributed by atoms with E-state index in [2.05, 4.69) is 10.3 Å². The van der Waals surface area contributed by atoms with E-state index in [1.165, 1.54) is 12.8 Å². The highest BCUT2D eigenvalue weighted by atomic mass is 16.3. The van der Waals surface area contributed by atoms with E-state index >= 15 is 0 Å². The van der Waals surface area contributed by atoms with E-state index in [0.717, 1.165) is 25.2 Å². The second kappa shape index (κ2) is 6.36.